The molecule has 0 amide bonds. The minimum Gasteiger partial charge on any atom is -0.497 e. The van der Waals surface area contributed by atoms with Crippen LogP contribution in [-0.4, -0.2) is 106 Å². The number of carbonyl (C=O) groups excluding carboxylic acids is 1. The Hall–Kier alpha value is -3.51. The number of rotatable bonds is 6. The number of hydrogen-bond donors (Lipinski definition) is 0. The van der Waals surface area contributed by atoms with Gasteiger partial charge in [-0.05, 0) is 23.5 Å². The van der Waals surface area contributed by atoms with Crippen LogP contribution >= 0.6 is 11.6 Å². The Bertz CT molecular complexity index is 1460. The molecular formula is C26H31B2ClF10N4O4. The van der Waals surface area contributed by atoms with Gasteiger partial charge in [0.2, 0.25) is 0 Å². The van der Waals surface area contributed by atoms with Gasteiger partial charge in [0.1, 0.15) is 30.9 Å². The third-order valence-corrected chi connectivity index (χ3v) is 7.56. The fourth-order valence-electron chi connectivity index (χ4n) is 4.71. The number of halogens is 11. The van der Waals surface area contributed by atoms with Crippen molar-refractivity contribution in [3.8, 4) is 22.6 Å². The third-order valence-electron chi connectivity index (χ3n) is 7.06. The SMILES string of the molecule is CCOC(=O)c1ccc(-c2cc(OC)cc(OC)c2F)c2nccnc12.F[B-](F)(F)F.F[B-](F)(F)F.F[N+]12CC[N+](CCl)(CC1)CC2. The molecule has 0 spiro atoms. The predicted molar refractivity (Wildman–Crippen MR) is 156 cm³/mol. The van der Waals surface area contributed by atoms with Gasteiger partial charge >= 0.3 is 20.5 Å². The van der Waals surface area contributed by atoms with Gasteiger partial charge < -0.3 is 48.7 Å². The van der Waals surface area contributed by atoms with E-state index >= 15 is 0 Å². The summed E-state index contributed by atoms with van der Waals surface area (Å²) < 4.78 is 123. The zero-order valence-corrected chi connectivity index (χ0v) is 26.1. The highest BCUT2D eigenvalue weighted by molar-refractivity contribution is 6.50. The molecule has 8 nitrogen and oxygen atoms in total. The number of ether oxygens (including phenoxy) is 3. The number of carbonyl (C=O) groups is 1. The van der Waals surface area contributed by atoms with Crippen molar-refractivity contribution in [1.82, 2.24) is 9.97 Å². The molecule has 3 aromatic rings. The quantitative estimate of drug-likeness (QED) is 0.0525. The Morgan fingerprint density at radius 2 is 1.34 bits per heavy atom. The lowest BCUT2D eigenvalue weighted by atomic mass is 9.99. The number of nitrogens with zero attached hydrogens (tertiary/aromatic N) is 4. The van der Waals surface area contributed by atoms with Crippen LogP contribution in [0, 0.1) is 5.82 Å². The van der Waals surface area contributed by atoms with E-state index in [0.29, 0.717) is 48.0 Å². The summed E-state index contributed by atoms with van der Waals surface area (Å²) in [5.41, 5.74) is 1.70. The minimum atomic E-state index is -6.00. The molecule has 0 aliphatic carbocycles. The summed E-state index contributed by atoms with van der Waals surface area (Å²) in [6, 6.07) is 6.83. The molecule has 0 N–H and O–H groups in total. The van der Waals surface area contributed by atoms with Gasteiger partial charge in [0.05, 0.1) is 31.9 Å². The molecule has 0 radical (unpaired) electrons. The van der Waals surface area contributed by atoms with Crippen molar-refractivity contribution in [2.24, 2.45) is 0 Å². The number of alkyl halides is 1. The van der Waals surface area contributed by atoms with Crippen molar-refractivity contribution in [2.45, 2.75) is 6.92 Å². The maximum absolute atomic E-state index is 14.9. The lowest BCUT2D eigenvalue weighted by Gasteiger charge is -2.48. The van der Waals surface area contributed by atoms with Crippen molar-refractivity contribution in [3.63, 3.8) is 0 Å². The predicted octanol–water partition coefficient (Wildman–Crippen LogP) is 6.96. The summed E-state index contributed by atoms with van der Waals surface area (Å²) in [6.07, 6.45) is 2.95. The molecule has 3 saturated heterocycles. The van der Waals surface area contributed by atoms with Crippen LogP contribution in [0.3, 0.4) is 0 Å². The maximum Gasteiger partial charge on any atom is 0.673 e. The maximum atomic E-state index is 14.9. The summed E-state index contributed by atoms with van der Waals surface area (Å²) in [7, 11) is -9.14. The number of piperazine rings is 3. The molecule has 21 heteroatoms. The number of quaternary nitrogens is 2. The second-order valence-electron chi connectivity index (χ2n) is 10.1. The van der Waals surface area contributed by atoms with Gasteiger partial charge in [-0.2, -0.15) is 0 Å². The van der Waals surface area contributed by atoms with Crippen LogP contribution in [0.15, 0.2) is 36.7 Å². The molecule has 3 aliphatic rings. The van der Waals surface area contributed by atoms with Crippen molar-refractivity contribution in [1.29, 1.82) is 0 Å². The highest BCUT2D eigenvalue weighted by Gasteiger charge is 2.50. The van der Waals surface area contributed by atoms with Gasteiger partial charge in [-0.15, -0.1) is 4.71 Å². The highest BCUT2D eigenvalue weighted by Crippen LogP contribution is 2.37. The van der Waals surface area contributed by atoms with E-state index in [9.17, 15) is 48.2 Å². The fraction of sp³-hybridized carbons (Fsp3) is 0.423. The van der Waals surface area contributed by atoms with Gasteiger partial charge in [-0.25, -0.2) is 9.18 Å². The minimum absolute atomic E-state index is 0.0471. The van der Waals surface area contributed by atoms with E-state index in [1.165, 1.54) is 32.7 Å². The first-order valence-electron chi connectivity index (χ1n) is 13.8. The molecule has 0 unspecified atom stereocenters. The molecule has 1 aromatic heterocycles. The Labute approximate surface area is 268 Å². The summed E-state index contributed by atoms with van der Waals surface area (Å²) in [5.74, 6) is -0.576. The fourth-order valence-corrected chi connectivity index (χ4v) is 5.07. The van der Waals surface area contributed by atoms with Gasteiger partial charge in [0.25, 0.3) is 0 Å². The van der Waals surface area contributed by atoms with Crippen LogP contribution in [0.1, 0.15) is 17.3 Å². The number of aromatic nitrogens is 2. The van der Waals surface area contributed by atoms with Crippen LogP contribution in [-0.2, 0) is 4.74 Å². The summed E-state index contributed by atoms with van der Waals surface area (Å²) in [6.45, 7) is 6.77. The van der Waals surface area contributed by atoms with Gasteiger partial charge in [-0.1, -0.05) is 17.7 Å². The number of methoxy groups -OCH3 is 2. The van der Waals surface area contributed by atoms with Crippen molar-refractivity contribution in [3.05, 3.63) is 48.0 Å². The number of fused-ring (bicyclic) bond motifs is 4. The highest BCUT2D eigenvalue weighted by atomic mass is 35.5. The van der Waals surface area contributed by atoms with Crippen LogP contribution in [0.5, 0.6) is 11.5 Å². The average molecular weight is 711 g/mol. The van der Waals surface area contributed by atoms with Crippen molar-refractivity contribution < 1.29 is 71.6 Å². The molecule has 3 fully saturated rings. The zero-order chi connectivity index (χ0) is 35.6. The number of esters is 1. The summed E-state index contributed by atoms with van der Waals surface area (Å²) >= 11 is 5.85. The van der Waals surface area contributed by atoms with E-state index in [-0.39, 0.29) is 28.2 Å². The lowest BCUT2D eigenvalue weighted by molar-refractivity contribution is -1.15. The molecule has 4 heterocycles. The third kappa shape index (κ3) is 12.2. The van der Waals surface area contributed by atoms with E-state index in [4.69, 9.17) is 25.8 Å². The Morgan fingerprint density at radius 3 is 1.79 bits per heavy atom. The first kappa shape index (κ1) is 39.7. The normalized spacial score (nSPS) is 20.0. The van der Waals surface area contributed by atoms with E-state index in [1.54, 1.807) is 25.1 Å². The van der Waals surface area contributed by atoms with Gasteiger partial charge in [0, 0.05) is 29.6 Å². The second kappa shape index (κ2) is 16.5. The van der Waals surface area contributed by atoms with Crippen molar-refractivity contribution >= 4 is 43.1 Å². The number of hydrogen-bond acceptors (Lipinski definition) is 6. The summed E-state index contributed by atoms with van der Waals surface area (Å²) in [5, 5.41) is 0. The molecule has 0 atom stereocenters. The zero-order valence-electron chi connectivity index (χ0n) is 25.4. The Kier molecular flexibility index (Phi) is 14.0. The molecule has 262 valence electrons. The van der Waals surface area contributed by atoms with Gasteiger partial charge in [-0.3, -0.25) is 14.5 Å². The van der Waals surface area contributed by atoms with E-state index < -0.39 is 26.3 Å². The van der Waals surface area contributed by atoms with E-state index in [0.717, 1.165) is 24.1 Å². The molecule has 2 aromatic carbocycles. The first-order chi connectivity index (χ1) is 21.8. The molecule has 47 heavy (non-hydrogen) atoms. The van der Waals surface area contributed by atoms with Crippen molar-refractivity contribution in [2.75, 3.05) is 66.1 Å². The van der Waals surface area contributed by atoms with E-state index in [1.807, 2.05) is 0 Å². The van der Waals surface area contributed by atoms with Crippen LogP contribution < -0.4 is 9.47 Å². The molecule has 3 aliphatic heterocycles. The van der Waals surface area contributed by atoms with Gasteiger partial charge in [0.15, 0.2) is 37.2 Å². The Balaban J connectivity index is 0.000000297. The summed E-state index contributed by atoms with van der Waals surface area (Å²) in [4.78, 5) is 20.7. The second-order valence-corrected chi connectivity index (χ2v) is 10.4. The van der Waals surface area contributed by atoms with Crippen LogP contribution in [0.4, 0.5) is 43.4 Å². The Morgan fingerprint density at radius 1 is 0.830 bits per heavy atom. The monoisotopic (exact) mass is 710 g/mol. The number of benzene rings is 2. The van der Waals surface area contributed by atoms with Crippen LogP contribution in [0.2, 0.25) is 0 Å². The average Bonchev–Trinajstić information content (AvgIpc) is 3.00. The largest absolute Gasteiger partial charge is 0.673 e. The molecule has 0 saturated carbocycles. The molecule has 6 rings (SSSR count). The molecule has 2 bridgehead atoms. The van der Waals surface area contributed by atoms with E-state index in [2.05, 4.69) is 9.97 Å². The lowest BCUT2D eigenvalue weighted by Crippen LogP contribution is -2.71. The molecular weight excluding hydrogens is 679 g/mol. The first-order valence-corrected chi connectivity index (χ1v) is 14.4. The standard InChI is InChI=1S/C19H17FN2O4.C7H14ClFN2.2BF4/c1-4-26-19(23)13-6-5-12(17-18(13)22-8-7-21-17)14-9-11(24-2)10-15(25-3)16(14)20;8-7-10-1-4-11(9,5-2-10)6-3-10;2*2-1(3,4)5/h5-10H,4H2,1-3H3;1-7H2;;/q;+2;2*-1. The van der Waals surface area contributed by atoms with Crippen LogP contribution in [0.25, 0.3) is 22.2 Å². The smallest absolute Gasteiger partial charge is 0.497 e. The topological polar surface area (TPSA) is 70.5 Å².